The van der Waals surface area contributed by atoms with Crippen LogP contribution in [0, 0.1) is 0 Å². The lowest BCUT2D eigenvalue weighted by molar-refractivity contribution is 1.08. The first-order valence-corrected chi connectivity index (χ1v) is 18.3. The fourth-order valence-electron chi connectivity index (χ4n) is 7.44. The molecule has 3 nitrogen and oxygen atoms in total. The molecule has 0 atom stereocenters. The van der Waals surface area contributed by atoms with Gasteiger partial charge in [-0.2, -0.15) is 0 Å². The number of nitrogens with zero attached hydrogens (tertiary/aromatic N) is 3. The van der Waals surface area contributed by atoms with Crippen LogP contribution < -0.4 is 0 Å². The number of hydrogen-bond donors (Lipinski definition) is 0. The zero-order chi connectivity index (χ0) is 35.8. The molecule has 10 aromatic rings. The van der Waals surface area contributed by atoms with Crippen molar-refractivity contribution in [3.63, 3.8) is 0 Å². The van der Waals surface area contributed by atoms with Crippen LogP contribution >= 0.6 is 0 Å². The summed E-state index contributed by atoms with van der Waals surface area (Å²) in [6.07, 6.45) is 0. The molecule has 0 aliphatic carbocycles. The van der Waals surface area contributed by atoms with E-state index >= 15 is 0 Å². The molecule has 0 N–H and O–H groups in total. The van der Waals surface area contributed by atoms with E-state index in [-0.39, 0.29) is 0 Å². The van der Waals surface area contributed by atoms with Crippen LogP contribution in [0.5, 0.6) is 0 Å². The zero-order valence-electron chi connectivity index (χ0n) is 29.4. The van der Waals surface area contributed by atoms with Crippen molar-refractivity contribution in [1.29, 1.82) is 0 Å². The SMILES string of the molecule is c1ccc(-c2ccc(-c3cc(-c4nc(-c5ccccc5)nc(-c5ccc6cc(-c7ccc8ccccc8c7)ccc6c5)n4)cc4ccccc34)cc2)cc1. The molecule has 0 amide bonds. The topological polar surface area (TPSA) is 38.7 Å². The van der Waals surface area contributed by atoms with Gasteiger partial charge in [0.15, 0.2) is 17.5 Å². The molecule has 0 unspecified atom stereocenters. The average Bonchev–Trinajstić information content (AvgIpc) is 3.26. The Hall–Kier alpha value is -7.23. The summed E-state index contributed by atoms with van der Waals surface area (Å²) in [7, 11) is 0. The quantitative estimate of drug-likeness (QED) is 0.175. The number of benzene rings is 9. The van der Waals surface area contributed by atoms with E-state index in [0.717, 1.165) is 38.6 Å². The number of rotatable bonds is 6. The van der Waals surface area contributed by atoms with Gasteiger partial charge in [0, 0.05) is 16.7 Å². The summed E-state index contributed by atoms with van der Waals surface area (Å²) in [5.41, 5.74) is 9.90. The molecule has 1 aromatic heterocycles. The summed E-state index contributed by atoms with van der Waals surface area (Å²) in [5.74, 6) is 1.92. The van der Waals surface area contributed by atoms with Gasteiger partial charge in [0.2, 0.25) is 0 Å². The minimum atomic E-state index is 0.638. The smallest absolute Gasteiger partial charge is 0.164 e. The van der Waals surface area contributed by atoms with Crippen molar-refractivity contribution < 1.29 is 0 Å². The summed E-state index contributed by atoms with van der Waals surface area (Å²) in [6, 6.07) is 70.7. The van der Waals surface area contributed by atoms with Crippen LogP contribution in [-0.2, 0) is 0 Å². The standard InChI is InChI=1S/C51H33N3/c1-3-11-34(12-4-1)36-19-22-37(23-20-36)48-33-46(32-44-17-9-10-18-47(44)48)51-53-49(38-14-5-2-6-15-38)52-50(54-51)45-28-27-42-30-41(25-26-43(42)31-45)40-24-21-35-13-7-8-16-39(35)29-40/h1-33H. The third kappa shape index (κ3) is 5.98. The second-order valence-corrected chi connectivity index (χ2v) is 13.7. The molecular weight excluding hydrogens is 655 g/mol. The molecule has 0 saturated carbocycles. The van der Waals surface area contributed by atoms with Crippen molar-refractivity contribution in [2.75, 3.05) is 0 Å². The lowest BCUT2D eigenvalue weighted by Gasteiger charge is -2.13. The minimum absolute atomic E-state index is 0.638. The highest BCUT2D eigenvalue weighted by Gasteiger charge is 2.16. The fourth-order valence-corrected chi connectivity index (χ4v) is 7.44. The van der Waals surface area contributed by atoms with Crippen LogP contribution in [0.2, 0.25) is 0 Å². The van der Waals surface area contributed by atoms with Crippen LogP contribution in [0.15, 0.2) is 200 Å². The van der Waals surface area contributed by atoms with Gasteiger partial charge in [0.1, 0.15) is 0 Å². The molecule has 10 rings (SSSR count). The van der Waals surface area contributed by atoms with Crippen LogP contribution in [-0.4, -0.2) is 15.0 Å². The third-order valence-electron chi connectivity index (χ3n) is 10.3. The van der Waals surface area contributed by atoms with Crippen LogP contribution in [0.4, 0.5) is 0 Å². The van der Waals surface area contributed by atoms with Crippen molar-refractivity contribution >= 4 is 32.3 Å². The Kier molecular flexibility index (Phi) is 7.81. The zero-order valence-corrected chi connectivity index (χ0v) is 29.4. The summed E-state index contributed by atoms with van der Waals surface area (Å²) >= 11 is 0. The van der Waals surface area contributed by atoms with E-state index in [9.17, 15) is 0 Å². The maximum Gasteiger partial charge on any atom is 0.164 e. The molecule has 0 radical (unpaired) electrons. The van der Waals surface area contributed by atoms with Gasteiger partial charge in [0.05, 0.1) is 0 Å². The van der Waals surface area contributed by atoms with E-state index in [0.29, 0.717) is 17.5 Å². The first-order chi connectivity index (χ1) is 26.7. The molecule has 0 bridgehead atoms. The monoisotopic (exact) mass is 687 g/mol. The molecule has 252 valence electrons. The van der Waals surface area contributed by atoms with E-state index in [1.165, 1.54) is 43.8 Å². The Balaban J connectivity index is 1.08. The second kappa shape index (κ2) is 13.4. The van der Waals surface area contributed by atoms with Gasteiger partial charge >= 0.3 is 0 Å². The van der Waals surface area contributed by atoms with Crippen molar-refractivity contribution in [2.24, 2.45) is 0 Å². The van der Waals surface area contributed by atoms with Crippen molar-refractivity contribution in [3.8, 4) is 67.5 Å². The van der Waals surface area contributed by atoms with Gasteiger partial charge in [-0.25, -0.2) is 15.0 Å². The fraction of sp³-hybridized carbons (Fsp3) is 0. The predicted octanol–water partition coefficient (Wildman–Crippen LogP) is 13.3. The molecule has 0 aliphatic rings. The number of fused-ring (bicyclic) bond motifs is 3. The van der Waals surface area contributed by atoms with E-state index in [1.807, 2.05) is 24.3 Å². The summed E-state index contributed by atoms with van der Waals surface area (Å²) in [4.78, 5) is 15.3. The lowest BCUT2D eigenvalue weighted by atomic mass is 9.94. The molecule has 0 spiro atoms. The van der Waals surface area contributed by atoms with E-state index in [2.05, 4.69) is 176 Å². The van der Waals surface area contributed by atoms with Gasteiger partial charge in [0.25, 0.3) is 0 Å². The van der Waals surface area contributed by atoms with Crippen LogP contribution in [0.25, 0.3) is 99.9 Å². The van der Waals surface area contributed by atoms with E-state index in [1.54, 1.807) is 0 Å². The van der Waals surface area contributed by atoms with Crippen LogP contribution in [0.3, 0.4) is 0 Å². The highest BCUT2D eigenvalue weighted by atomic mass is 15.0. The highest BCUT2D eigenvalue weighted by molar-refractivity contribution is 6.00. The summed E-state index contributed by atoms with van der Waals surface area (Å²) < 4.78 is 0. The average molecular weight is 688 g/mol. The molecule has 9 aromatic carbocycles. The lowest BCUT2D eigenvalue weighted by Crippen LogP contribution is -2.00. The number of hydrogen-bond acceptors (Lipinski definition) is 3. The first kappa shape index (κ1) is 31.5. The normalized spacial score (nSPS) is 11.3. The molecule has 0 aliphatic heterocycles. The molecule has 3 heteroatoms. The minimum Gasteiger partial charge on any atom is -0.208 e. The van der Waals surface area contributed by atoms with E-state index in [4.69, 9.17) is 15.0 Å². The van der Waals surface area contributed by atoms with Gasteiger partial charge < -0.3 is 0 Å². The molecular formula is C51H33N3. The van der Waals surface area contributed by atoms with Gasteiger partial charge in [-0.15, -0.1) is 0 Å². The largest absolute Gasteiger partial charge is 0.208 e. The van der Waals surface area contributed by atoms with Crippen molar-refractivity contribution in [3.05, 3.63) is 200 Å². The van der Waals surface area contributed by atoms with Crippen molar-refractivity contribution in [1.82, 2.24) is 15.0 Å². The molecule has 0 fully saturated rings. The Labute approximate surface area is 313 Å². The van der Waals surface area contributed by atoms with Crippen LogP contribution in [0.1, 0.15) is 0 Å². The molecule has 1 heterocycles. The Morgan fingerprint density at radius 2 is 0.630 bits per heavy atom. The second-order valence-electron chi connectivity index (χ2n) is 13.7. The maximum absolute atomic E-state index is 5.17. The summed E-state index contributed by atoms with van der Waals surface area (Å²) in [5, 5.41) is 7.10. The predicted molar refractivity (Wildman–Crippen MR) is 225 cm³/mol. The van der Waals surface area contributed by atoms with E-state index < -0.39 is 0 Å². The maximum atomic E-state index is 5.17. The van der Waals surface area contributed by atoms with Gasteiger partial charge in [-0.1, -0.05) is 170 Å². The summed E-state index contributed by atoms with van der Waals surface area (Å²) in [6.45, 7) is 0. The highest BCUT2D eigenvalue weighted by Crippen LogP contribution is 2.36. The van der Waals surface area contributed by atoms with Crippen molar-refractivity contribution in [2.45, 2.75) is 0 Å². The van der Waals surface area contributed by atoms with Gasteiger partial charge in [-0.05, 0) is 96.0 Å². The Morgan fingerprint density at radius 1 is 0.222 bits per heavy atom. The van der Waals surface area contributed by atoms with Gasteiger partial charge in [-0.3, -0.25) is 0 Å². The third-order valence-corrected chi connectivity index (χ3v) is 10.3. The Bertz CT molecular complexity index is 2970. The Morgan fingerprint density at radius 3 is 1.31 bits per heavy atom. The molecule has 0 saturated heterocycles. The first-order valence-electron chi connectivity index (χ1n) is 18.3. The number of aromatic nitrogens is 3. The molecule has 54 heavy (non-hydrogen) atoms.